The fraction of sp³-hybridized carbons (Fsp3) is 0.333. The summed E-state index contributed by atoms with van der Waals surface area (Å²) in [6.45, 7) is 4.20. The quantitative estimate of drug-likeness (QED) is 0.594. The number of allylic oxidation sites excluding steroid dienone is 2. The van der Waals surface area contributed by atoms with Crippen LogP contribution in [-0.4, -0.2) is 0 Å². The molecule has 0 aromatic heterocycles. The van der Waals surface area contributed by atoms with Crippen LogP contribution in [0, 0.1) is 6.92 Å². The molecule has 64 valence electrons. The molecule has 0 radical (unpaired) electrons. The molecule has 0 heterocycles. The maximum atomic E-state index is 2.25. The summed E-state index contributed by atoms with van der Waals surface area (Å²) in [5.41, 5.74) is 2.79. The lowest BCUT2D eigenvalue weighted by Gasteiger charge is -1.98. The molecular weight excluding hydrogens is 144 g/mol. The van der Waals surface area contributed by atoms with Gasteiger partial charge >= 0.3 is 0 Å². The molecule has 0 N–H and O–H groups in total. The Kier molecular flexibility index (Phi) is 3.59. The maximum Gasteiger partial charge on any atom is -0.0244 e. The van der Waals surface area contributed by atoms with Crippen molar-refractivity contribution in [3.05, 3.63) is 47.5 Å². The second-order valence-electron chi connectivity index (χ2n) is 3.10. The standard InChI is InChI=1S/C12H16/c1-3-4-5-8-12-9-6-7-11(2)10-12/h3-4,6-7,9-10H,5,8H2,1-2H3. The van der Waals surface area contributed by atoms with Gasteiger partial charge in [0, 0.05) is 0 Å². The zero-order valence-corrected chi connectivity index (χ0v) is 7.88. The predicted molar refractivity (Wildman–Crippen MR) is 54.3 cm³/mol. The number of aryl methyl sites for hydroxylation is 2. The summed E-state index contributed by atoms with van der Waals surface area (Å²) in [6, 6.07) is 8.71. The van der Waals surface area contributed by atoms with E-state index in [0.29, 0.717) is 0 Å². The van der Waals surface area contributed by atoms with E-state index in [1.54, 1.807) is 0 Å². The molecule has 1 aromatic carbocycles. The van der Waals surface area contributed by atoms with Gasteiger partial charge in [0.1, 0.15) is 0 Å². The zero-order valence-electron chi connectivity index (χ0n) is 7.88. The van der Waals surface area contributed by atoms with Crippen molar-refractivity contribution in [2.75, 3.05) is 0 Å². The van der Waals surface area contributed by atoms with Crippen molar-refractivity contribution in [3.8, 4) is 0 Å². The lowest BCUT2D eigenvalue weighted by atomic mass is 10.1. The second kappa shape index (κ2) is 4.76. The van der Waals surface area contributed by atoms with Crippen LogP contribution in [0.2, 0.25) is 0 Å². The maximum absolute atomic E-state index is 2.25. The number of rotatable bonds is 3. The molecule has 0 aliphatic carbocycles. The minimum atomic E-state index is 1.15. The third-order valence-corrected chi connectivity index (χ3v) is 1.92. The number of hydrogen-bond acceptors (Lipinski definition) is 0. The normalized spacial score (nSPS) is 10.8. The lowest BCUT2D eigenvalue weighted by Crippen LogP contribution is -1.83. The molecule has 0 saturated carbocycles. The van der Waals surface area contributed by atoms with Crippen LogP contribution in [-0.2, 0) is 6.42 Å². The minimum absolute atomic E-state index is 1.15. The minimum Gasteiger partial charge on any atom is -0.0917 e. The van der Waals surface area contributed by atoms with E-state index in [1.165, 1.54) is 11.1 Å². The molecule has 0 heteroatoms. The molecule has 0 unspecified atom stereocenters. The van der Waals surface area contributed by atoms with E-state index >= 15 is 0 Å². The molecule has 12 heavy (non-hydrogen) atoms. The number of hydrogen-bond donors (Lipinski definition) is 0. The van der Waals surface area contributed by atoms with Crippen molar-refractivity contribution in [2.45, 2.75) is 26.7 Å². The zero-order chi connectivity index (χ0) is 8.81. The molecular formula is C12H16. The van der Waals surface area contributed by atoms with Crippen LogP contribution in [0.1, 0.15) is 24.5 Å². The van der Waals surface area contributed by atoms with E-state index in [1.807, 2.05) is 0 Å². The first kappa shape index (κ1) is 9.05. The largest absolute Gasteiger partial charge is 0.0917 e. The Balaban J connectivity index is 2.52. The highest BCUT2D eigenvalue weighted by molar-refractivity contribution is 5.22. The molecule has 0 atom stereocenters. The van der Waals surface area contributed by atoms with Gasteiger partial charge in [0.25, 0.3) is 0 Å². The van der Waals surface area contributed by atoms with Crippen LogP contribution in [0.3, 0.4) is 0 Å². The molecule has 0 amide bonds. The molecule has 0 bridgehead atoms. The monoisotopic (exact) mass is 160 g/mol. The SMILES string of the molecule is CC=CCCc1cccc(C)c1. The molecule has 0 nitrogen and oxygen atoms in total. The van der Waals surface area contributed by atoms with Crippen LogP contribution in [0.25, 0.3) is 0 Å². The summed E-state index contributed by atoms with van der Waals surface area (Å²) in [5.74, 6) is 0. The molecule has 1 rings (SSSR count). The third kappa shape index (κ3) is 2.91. The van der Waals surface area contributed by atoms with Crippen LogP contribution in [0.5, 0.6) is 0 Å². The van der Waals surface area contributed by atoms with Crippen molar-refractivity contribution >= 4 is 0 Å². The Labute approximate surface area is 74.9 Å². The first-order valence-electron chi connectivity index (χ1n) is 4.49. The molecule has 0 aliphatic heterocycles. The summed E-state index contributed by atoms with van der Waals surface area (Å²) < 4.78 is 0. The van der Waals surface area contributed by atoms with Crippen molar-refractivity contribution < 1.29 is 0 Å². The summed E-state index contributed by atoms with van der Waals surface area (Å²) in [6.07, 6.45) is 6.63. The third-order valence-electron chi connectivity index (χ3n) is 1.92. The van der Waals surface area contributed by atoms with Crippen molar-refractivity contribution in [3.63, 3.8) is 0 Å². The average Bonchev–Trinajstić information content (AvgIpc) is 2.05. The predicted octanol–water partition coefficient (Wildman–Crippen LogP) is 3.50. The van der Waals surface area contributed by atoms with Gasteiger partial charge in [-0.3, -0.25) is 0 Å². The van der Waals surface area contributed by atoms with E-state index < -0.39 is 0 Å². The van der Waals surface area contributed by atoms with Crippen molar-refractivity contribution in [1.29, 1.82) is 0 Å². The fourth-order valence-corrected chi connectivity index (χ4v) is 1.28. The molecule has 0 saturated heterocycles. The number of benzene rings is 1. The van der Waals surface area contributed by atoms with Crippen molar-refractivity contribution in [1.82, 2.24) is 0 Å². The summed E-state index contributed by atoms with van der Waals surface area (Å²) >= 11 is 0. The average molecular weight is 160 g/mol. The first-order chi connectivity index (χ1) is 5.83. The highest BCUT2D eigenvalue weighted by Crippen LogP contribution is 2.06. The van der Waals surface area contributed by atoms with Crippen LogP contribution in [0.15, 0.2) is 36.4 Å². The highest BCUT2D eigenvalue weighted by atomic mass is 14.0. The van der Waals surface area contributed by atoms with E-state index in [-0.39, 0.29) is 0 Å². The highest BCUT2D eigenvalue weighted by Gasteiger charge is 1.90. The van der Waals surface area contributed by atoms with Crippen molar-refractivity contribution in [2.24, 2.45) is 0 Å². The van der Waals surface area contributed by atoms with E-state index in [4.69, 9.17) is 0 Å². The molecule has 1 aromatic rings. The second-order valence-corrected chi connectivity index (χ2v) is 3.10. The van der Waals surface area contributed by atoms with Crippen LogP contribution >= 0.6 is 0 Å². The smallest absolute Gasteiger partial charge is 0.0244 e. The Hall–Kier alpha value is -1.04. The molecule has 0 fully saturated rings. The van der Waals surface area contributed by atoms with Gasteiger partial charge in [-0.05, 0) is 32.3 Å². The summed E-state index contributed by atoms with van der Waals surface area (Å²) in [5, 5.41) is 0. The van der Waals surface area contributed by atoms with Crippen LogP contribution < -0.4 is 0 Å². The van der Waals surface area contributed by atoms with Gasteiger partial charge in [-0.2, -0.15) is 0 Å². The van der Waals surface area contributed by atoms with Gasteiger partial charge in [0.2, 0.25) is 0 Å². The van der Waals surface area contributed by atoms with Gasteiger partial charge in [-0.1, -0.05) is 42.0 Å². The summed E-state index contributed by atoms with van der Waals surface area (Å²) in [7, 11) is 0. The van der Waals surface area contributed by atoms with Gasteiger partial charge in [-0.15, -0.1) is 0 Å². The van der Waals surface area contributed by atoms with E-state index in [2.05, 4.69) is 50.3 Å². The Morgan fingerprint density at radius 1 is 1.33 bits per heavy atom. The first-order valence-corrected chi connectivity index (χ1v) is 4.49. The van der Waals surface area contributed by atoms with Gasteiger partial charge in [0.05, 0.1) is 0 Å². The summed E-state index contributed by atoms with van der Waals surface area (Å²) in [4.78, 5) is 0. The van der Waals surface area contributed by atoms with Gasteiger partial charge in [-0.25, -0.2) is 0 Å². The van der Waals surface area contributed by atoms with E-state index in [9.17, 15) is 0 Å². The fourth-order valence-electron chi connectivity index (χ4n) is 1.28. The molecule has 0 spiro atoms. The molecule has 0 aliphatic rings. The van der Waals surface area contributed by atoms with Gasteiger partial charge in [0.15, 0.2) is 0 Å². The van der Waals surface area contributed by atoms with Gasteiger partial charge < -0.3 is 0 Å². The topological polar surface area (TPSA) is 0 Å². The Bertz CT molecular complexity index is 258. The lowest BCUT2D eigenvalue weighted by molar-refractivity contribution is 0.996. The Morgan fingerprint density at radius 3 is 2.83 bits per heavy atom. The Morgan fingerprint density at radius 2 is 2.17 bits per heavy atom. The van der Waals surface area contributed by atoms with E-state index in [0.717, 1.165) is 12.8 Å². The van der Waals surface area contributed by atoms with Crippen LogP contribution in [0.4, 0.5) is 0 Å².